The van der Waals surface area contributed by atoms with Crippen LogP contribution in [-0.2, 0) is 20.2 Å². The molecule has 2 heterocycles. The topological polar surface area (TPSA) is 396 Å². The summed E-state index contributed by atoms with van der Waals surface area (Å²) in [5, 5.41) is 69.3. The molecule has 6 rings (SSSR count). The van der Waals surface area contributed by atoms with Crippen molar-refractivity contribution in [2.75, 3.05) is 83.7 Å². The Morgan fingerprint density at radius 3 is 1.13 bits per heavy atom. The monoisotopic (exact) mass is 1000 g/mol. The molecular formula is C42H44N12O14S2. The summed E-state index contributed by atoms with van der Waals surface area (Å²) in [6.45, 7) is -1.62. The zero-order valence-corrected chi connectivity index (χ0v) is 37.9. The average molecular weight is 1010 g/mol. The van der Waals surface area contributed by atoms with Gasteiger partial charge < -0.3 is 61.7 Å². The van der Waals surface area contributed by atoms with E-state index >= 15 is 0 Å². The molecule has 0 saturated heterocycles. The Balaban J connectivity index is 1.33. The van der Waals surface area contributed by atoms with Gasteiger partial charge in [-0.3, -0.25) is 9.11 Å². The lowest BCUT2D eigenvalue weighted by atomic mass is 10.1. The third-order valence-corrected chi connectivity index (χ3v) is 11.5. The summed E-state index contributed by atoms with van der Waals surface area (Å²) in [5.41, 5.74) is -0.377. The molecule has 6 aromatic rings. The molecule has 12 N–H and O–H groups in total. The van der Waals surface area contributed by atoms with Crippen LogP contribution in [0, 0.1) is 0 Å². The second-order valence-electron chi connectivity index (χ2n) is 14.4. The van der Waals surface area contributed by atoms with E-state index in [0.29, 0.717) is 0 Å². The fourth-order valence-corrected chi connectivity index (χ4v) is 7.94. The van der Waals surface area contributed by atoms with Crippen LogP contribution in [0.4, 0.5) is 58.4 Å². The molecule has 4 aromatic carbocycles. The number of aliphatic hydroxyl groups excluding tert-OH is 4. The van der Waals surface area contributed by atoms with Gasteiger partial charge in [0.05, 0.1) is 48.9 Å². The summed E-state index contributed by atoms with van der Waals surface area (Å²) in [4.78, 5) is 51.1. The largest absolute Gasteiger partial charge is 0.478 e. The third kappa shape index (κ3) is 13.4. The van der Waals surface area contributed by atoms with Gasteiger partial charge in [0.25, 0.3) is 20.2 Å². The van der Waals surface area contributed by atoms with E-state index in [2.05, 4.69) is 51.2 Å². The maximum Gasteiger partial charge on any atom is 0.337 e. The Morgan fingerprint density at radius 1 is 0.486 bits per heavy atom. The zero-order chi connectivity index (χ0) is 50.6. The summed E-state index contributed by atoms with van der Waals surface area (Å²) < 4.78 is 71.8. The molecule has 0 aliphatic rings. The number of benzene rings is 4. The number of aromatic carboxylic acids is 2. The fourth-order valence-electron chi connectivity index (χ4n) is 6.52. The van der Waals surface area contributed by atoms with E-state index in [9.17, 15) is 66.2 Å². The van der Waals surface area contributed by atoms with E-state index in [4.69, 9.17) is 0 Å². The quantitative estimate of drug-likeness (QED) is 0.0306. The lowest BCUT2D eigenvalue weighted by Gasteiger charge is -2.22. The molecule has 0 bridgehead atoms. The SMILES string of the molecule is O=C(O)c1ccccc1Nc1nc(Nc2ccc(/C=C/c3ccc(Nc4nc(Nc5ccccc5C(=O)O)nc(N(CCO)CCO)n4)cc3S(=O)(=O)O)c(S(=O)(=O)O)c2)nc(N(CCO)CCO)n1. The van der Waals surface area contributed by atoms with Crippen LogP contribution in [0.3, 0.4) is 0 Å². The molecule has 0 aliphatic carbocycles. The van der Waals surface area contributed by atoms with Crippen molar-refractivity contribution in [3.63, 3.8) is 0 Å². The van der Waals surface area contributed by atoms with Gasteiger partial charge in [-0.15, -0.1) is 0 Å². The highest BCUT2D eigenvalue weighted by atomic mass is 32.2. The second kappa shape index (κ2) is 22.9. The second-order valence-corrected chi connectivity index (χ2v) is 17.2. The van der Waals surface area contributed by atoms with Gasteiger partial charge in [0, 0.05) is 37.6 Å². The van der Waals surface area contributed by atoms with Crippen LogP contribution in [0.5, 0.6) is 0 Å². The van der Waals surface area contributed by atoms with Crippen molar-refractivity contribution in [1.82, 2.24) is 29.9 Å². The predicted octanol–water partition coefficient (Wildman–Crippen LogP) is 2.67. The summed E-state index contributed by atoms with van der Waals surface area (Å²) >= 11 is 0. The first-order valence-corrected chi connectivity index (χ1v) is 23.4. The molecular weight excluding hydrogens is 961 g/mol. The van der Waals surface area contributed by atoms with E-state index in [1.807, 2.05) is 0 Å². The van der Waals surface area contributed by atoms with E-state index in [1.165, 1.54) is 70.5 Å². The van der Waals surface area contributed by atoms with Crippen molar-refractivity contribution < 1.29 is 66.2 Å². The van der Waals surface area contributed by atoms with Gasteiger partial charge in [0.15, 0.2) is 0 Å². The number of aliphatic hydroxyl groups is 4. The van der Waals surface area contributed by atoms with Crippen molar-refractivity contribution in [2.24, 2.45) is 0 Å². The maximum absolute atomic E-state index is 12.8. The lowest BCUT2D eigenvalue weighted by Crippen LogP contribution is -2.31. The third-order valence-electron chi connectivity index (χ3n) is 9.64. The van der Waals surface area contributed by atoms with E-state index < -0.39 is 42.0 Å². The molecule has 0 unspecified atom stereocenters. The number of nitrogens with zero attached hydrogens (tertiary/aromatic N) is 8. The normalized spacial score (nSPS) is 11.6. The minimum atomic E-state index is -5.02. The number of carboxylic acid groups (broad SMARTS) is 2. The number of carbonyl (C=O) groups is 2. The first kappa shape index (κ1) is 51.4. The average Bonchev–Trinajstić information content (AvgIpc) is 3.30. The minimum Gasteiger partial charge on any atom is -0.478 e. The Labute approximate surface area is 398 Å². The van der Waals surface area contributed by atoms with Gasteiger partial charge in [-0.1, -0.05) is 48.6 Å². The zero-order valence-electron chi connectivity index (χ0n) is 36.3. The van der Waals surface area contributed by atoms with Gasteiger partial charge in [0.2, 0.25) is 35.7 Å². The summed E-state index contributed by atoms with van der Waals surface area (Å²) in [6, 6.07) is 19.0. The molecule has 70 heavy (non-hydrogen) atoms. The molecule has 368 valence electrons. The van der Waals surface area contributed by atoms with E-state index in [1.54, 1.807) is 12.1 Å². The molecule has 0 radical (unpaired) electrons. The van der Waals surface area contributed by atoms with Gasteiger partial charge in [-0.2, -0.15) is 46.7 Å². The van der Waals surface area contributed by atoms with Gasteiger partial charge in [-0.25, -0.2) is 9.59 Å². The molecule has 0 atom stereocenters. The van der Waals surface area contributed by atoms with Gasteiger partial charge >= 0.3 is 11.9 Å². The van der Waals surface area contributed by atoms with Crippen LogP contribution in [0.15, 0.2) is 94.7 Å². The molecule has 28 heteroatoms. The summed E-state index contributed by atoms with van der Waals surface area (Å²) in [7, 11) is -10.0. The number of carboxylic acids is 2. The molecule has 2 aromatic heterocycles. The predicted molar refractivity (Wildman–Crippen MR) is 254 cm³/mol. The molecule has 26 nitrogen and oxygen atoms in total. The van der Waals surface area contributed by atoms with E-state index in [-0.39, 0.29) is 133 Å². The molecule has 0 fully saturated rings. The first-order valence-electron chi connectivity index (χ1n) is 20.5. The maximum atomic E-state index is 12.8. The highest BCUT2D eigenvalue weighted by molar-refractivity contribution is 7.86. The van der Waals surface area contributed by atoms with Crippen LogP contribution in [-0.4, -0.2) is 151 Å². The van der Waals surface area contributed by atoms with Crippen molar-refractivity contribution in [3.05, 3.63) is 107 Å². The molecule has 0 spiro atoms. The number of rotatable bonds is 24. The number of hydrogen-bond donors (Lipinski definition) is 12. The first-order chi connectivity index (χ1) is 33.4. The number of nitrogens with one attached hydrogen (secondary N) is 4. The Hall–Kier alpha value is -7.96. The number of anilines is 10. The molecule has 0 saturated carbocycles. The van der Waals surface area contributed by atoms with Crippen LogP contribution in [0.25, 0.3) is 12.2 Å². The Bertz CT molecular complexity index is 2910. The number of hydrogen-bond acceptors (Lipinski definition) is 22. The van der Waals surface area contributed by atoms with Crippen molar-refractivity contribution in [3.8, 4) is 0 Å². The van der Waals surface area contributed by atoms with Crippen LogP contribution < -0.4 is 31.1 Å². The van der Waals surface area contributed by atoms with Crippen molar-refractivity contribution >= 4 is 103 Å². The van der Waals surface area contributed by atoms with Crippen LogP contribution in [0.1, 0.15) is 31.8 Å². The minimum absolute atomic E-state index is 0.00878. The van der Waals surface area contributed by atoms with E-state index in [0.717, 1.165) is 24.3 Å². The summed E-state index contributed by atoms with van der Waals surface area (Å²) in [5.74, 6) is -3.50. The van der Waals surface area contributed by atoms with Crippen molar-refractivity contribution in [1.29, 1.82) is 0 Å². The molecule has 0 aliphatic heterocycles. The molecule has 0 amide bonds. The highest BCUT2D eigenvalue weighted by Crippen LogP contribution is 2.30. The van der Waals surface area contributed by atoms with Crippen LogP contribution in [0.2, 0.25) is 0 Å². The Kier molecular flexibility index (Phi) is 16.8. The van der Waals surface area contributed by atoms with Gasteiger partial charge in [-0.05, 0) is 59.7 Å². The fraction of sp³-hybridized carbons (Fsp3) is 0.190. The lowest BCUT2D eigenvalue weighted by molar-refractivity contribution is 0.0687. The van der Waals surface area contributed by atoms with Crippen molar-refractivity contribution in [2.45, 2.75) is 9.79 Å². The standard InChI is InChI=1S/C42H44N12O14S2/c55-19-15-53(16-20-56)41-49-37(47-39(51-41)45-31-7-3-1-5-29(31)35(59)60)43-27-13-11-25(33(23-27)69(63,64)65)9-10-26-12-14-28(24-34(26)70(66,67)68)44-38-48-40(46-32-8-4-2-6-30(32)36(61)62)52-42(50-38)54(17-21-57)18-22-58/h1-14,23-24,55-58H,15-22H2,(H,59,60)(H,61,62)(H,63,64,65)(H,66,67,68)(H2,43,45,47,49,51)(H2,44,46,48,50,52)/b10-9+. The number of para-hydroxylation sites is 2. The summed E-state index contributed by atoms with van der Waals surface area (Å²) in [6.07, 6.45) is 2.30. The van der Waals surface area contributed by atoms with Crippen LogP contribution >= 0.6 is 0 Å². The smallest absolute Gasteiger partial charge is 0.337 e. The Morgan fingerprint density at radius 2 is 0.814 bits per heavy atom. The van der Waals surface area contributed by atoms with Gasteiger partial charge in [0.1, 0.15) is 9.79 Å². The number of aromatic nitrogens is 6. The highest BCUT2D eigenvalue weighted by Gasteiger charge is 2.22.